The van der Waals surface area contributed by atoms with E-state index in [1.165, 1.54) is 12.8 Å². The number of carbonyl (C=O) groups excluding carboxylic acids is 1. The van der Waals surface area contributed by atoms with Crippen LogP contribution in [0.2, 0.25) is 0 Å². The highest BCUT2D eigenvalue weighted by Gasteiger charge is 1.93. The Morgan fingerprint density at radius 2 is 1.30 bits per heavy atom. The molecule has 0 aliphatic rings. The van der Waals surface area contributed by atoms with Crippen molar-refractivity contribution in [1.29, 1.82) is 0 Å². The summed E-state index contributed by atoms with van der Waals surface area (Å²) in [5.74, 6) is 0. The molecule has 0 aromatic rings. The fourth-order valence-corrected chi connectivity index (χ4v) is 1.49. The fraction of sp³-hybridized carbons (Fsp3) is 0.950. The van der Waals surface area contributed by atoms with Crippen molar-refractivity contribution < 1.29 is 28.8 Å². The smallest absolute Gasteiger partial charge is 0.122 e. The van der Waals surface area contributed by atoms with Gasteiger partial charge in [0.1, 0.15) is 6.29 Å². The molecule has 1 atom stereocenters. The van der Waals surface area contributed by atoms with Crippen LogP contribution in [0.5, 0.6) is 0 Å². The minimum Gasteiger partial charge on any atom is -0.394 e. The summed E-state index contributed by atoms with van der Waals surface area (Å²) < 4.78 is 20.5. The Morgan fingerprint density at radius 3 is 1.67 bits per heavy atom. The van der Waals surface area contributed by atoms with Crippen LogP contribution in [0.1, 0.15) is 53.9 Å². The van der Waals surface area contributed by atoms with E-state index < -0.39 is 0 Å². The van der Waals surface area contributed by atoms with Crippen molar-refractivity contribution in [3.05, 3.63) is 0 Å². The van der Waals surface area contributed by atoms with Gasteiger partial charge in [0.2, 0.25) is 0 Å². The molecular formula is C20H45NO6. The molecule has 0 amide bonds. The zero-order chi connectivity index (χ0) is 21.0. The van der Waals surface area contributed by atoms with E-state index in [9.17, 15) is 4.79 Å². The molecule has 2 N–H and O–H groups in total. The zero-order valence-corrected chi connectivity index (χ0v) is 18.3. The largest absolute Gasteiger partial charge is 0.394 e. The molecule has 0 aliphatic heterocycles. The van der Waals surface area contributed by atoms with Crippen LogP contribution < -0.4 is 5.32 Å². The quantitative estimate of drug-likeness (QED) is 0.272. The Bertz CT molecular complexity index is 245. The maximum Gasteiger partial charge on any atom is 0.122 e. The first-order chi connectivity index (χ1) is 13.2. The molecule has 0 radical (unpaired) electrons. The van der Waals surface area contributed by atoms with Gasteiger partial charge in [0.15, 0.2) is 0 Å². The van der Waals surface area contributed by atoms with Crippen molar-refractivity contribution in [3.63, 3.8) is 0 Å². The first-order valence-corrected chi connectivity index (χ1v) is 10.3. The number of carbonyl (C=O) groups is 1. The monoisotopic (exact) mass is 395 g/mol. The number of rotatable bonds is 18. The summed E-state index contributed by atoms with van der Waals surface area (Å²) in [5, 5.41) is 11.8. The average Bonchev–Trinajstić information content (AvgIpc) is 2.71. The topological polar surface area (TPSA) is 86.3 Å². The van der Waals surface area contributed by atoms with E-state index in [-0.39, 0.29) is 6.61 Å². The van der Waals surface area contributed by atoms with E-state index in [1.54, 1.807) is 0 Å². The predicted octanol–water partition coefficient (Wildman–Crippen LogP) is 2.44. The van der Waals surface area contributed by atoms with Crippen molar-refractivity contribution in [2.75, 3.05) is 66.0 Å². The first-order valence-electron chi connectivity index (χ1n) is 10.3. The van der Waals surface area contributed by atoms with Crippen LogP contribution in [0, 0.1) is 0 Å². The van der Waals surface area contributed by atoms with E-state index >= 15 is 0 Å². The van der Waals surface area contributed by atoms with E-state index in [0.29, 0.717) is 65.3 Å². The van der Waals surface area contributed by atoms with Crippen LogP contribution in [0.3, 0.4) is 0 Å². The highest BCUT2D eigenvalue weighted by molar-refractivity contribution is 5.49. The third-order valence-corrected chi connectivity index (χ3v) is 3.09. The number of aliphatic hydroxyl groups excluding tert-OH is 1. The highest BCUT2D eigenvalue weighted by atomic mass is 16.6. The summed E-state index contributed by atoms with van der Waals surface area (Å²) >= 11 is 0. The molecular weight excluding hydrogens is 350 g/mol. The van der Waals surface area contributed by atoms with Gasteiger partial charge in [0, 0.05) is 12.5 Å². The molecule has 0 saturated heterocycles. The number of aldehydes is 1. The summed E-state index contributed by atoms with van der Waals surface area (Å²) in [6.45, 7) is 15.6. The van der Waals surface area contributed by atoms with Gasteiger partial charge < -0.3 is 34.2 Å². The molecule has 27 heavy (non-hydrogen) atoms. The van der Waals surface area contributed by atoms with E-state index in [1.807, 2.05) is 13.8 Å². The summed E-state index contributed by atoms with van der Waals surface area (Å²) in [5.41, 5.74) is 0. The van der Waals surface area contributed by atoms with Gasteiger partial charge in [-0.05, 0) is 26.3 Å². The second kappa shape index (κ2) is 33.0. The molecule has 0 aromatic heterocycles. The van der Waals surface area contributed by atoms with Gasteiger partial charge in [-0.2, -0.15) is 0 Å². The number of aliphatic hydroxyl groups is 1. The van der Waals surface area contributed by atoms with E-state index in [2.05, 4.69) is 26.1 Å². The van der Waals surface area contributed by atoms with Crippen LogP contribution in [0.15, 0.2) is 0 Å². The fourth-order valence-electron chi connectivity index (χ4n) is 1.49. The Morgan fingerprint density at radius 1 is 0.852 bits per heavy atom. The van der Waals surface area contributed by atoms with Crippen molar-refractivity contribution in [2.45, 2.75) is 59.9 Å². The molecule has 166 valence electrons. The van der Waals surface area contributed by atoms with Gasteiger partial charge in [-0.3, -0.25) is 0 Å². The summed E-state index contributed by atoms with van der Waals surface area (Å²) in [7, 11) is 0. The maximum absolute atomic E-state index is 9.95. The van der Waals surface area contributed by atoms with Gasteiger partial charge in [0.05, 0.1) is 59.5 Å². The van der Waals surface area contributed by atoms with Crippen molar-refractivity contribution >= 4 is 6.29 Å². The molecule has 0 spiro atoms. The lowest BCUT2D eigenvalue weighted by Crippen LogP contribution is -2.25. The third kappa shape index (κ3) is 37.0. The summed E-state index contributed by atoms with van der Waals surface area (Å²) in [6, 6.07) is 0.704. The average molecular weight is 396 g/mol. The molecule has 0 aromatic carbocycles. The number of ether oxygens (including phenoxy) is 4. The van der Waals surface area contributed by atoms with E-state index in [4.69, 9.17) is 24.1 Å². The normalized spacial score (nSPS) is 11.0. The standard InChI is InChI=1S/C11H22O6.C7H17N.C2H6/c12-2-1-4-14-6-8-16-10-11-17-9-7-15-5-3-13;1-4-6-8-7(3)5-2;1-2/h2,13H,1,3-11H2;7-8H,4-6H2,1-3H3;1-2H3. The minimum absolute atomic E-state index is 0.0349. The number of hydrogen-bond acceptors (Lipinski definition) is 7. The number of hydrogen-bond donors (Lipinski definition) is 2. The van der Waals surface area contributed by atoms with Gasteiger partial charge in [-0.15, -0.1) is 0 Å². The lowest BCUT2D eigenvalue weighted by Gasteiger charge is -2.08. The van der Waals surface area contributed by atoms with Gasteiger partial charge in [0.25, 0.3) is 0 Å². The maximum atomic E-state index is 9.95. The third-order valence-electron chi connectivity index (χ3n) is 3.09. The van der Waals surface area contributed by atoms with Crippen LogP contribution in [-0.4, -0.2) is 83.4 Å². The first kappa shape index (κ1) is 31.1. The molecule has 1 unspecified atom stereocenters. The van der Waals surface area contributed by atoms with Crippen LogP contribution in [0.25, 0.3) is 0 Å². The van der Waals surface area contributed by atoms with E-state index in [0.717, 1.165) is 12.8 Å². The Labute approximate surface area is 167 Å². The number of nitrogens with one attached hydrogen (secondary N) is 1. The minimum atomic E-state index is 0.0349. The van der Waals surface area contributed by atoms with Gasteiger partial charge >= 0.3 is 0 Å². The molecule has 0 rings (SSSR count). The Kier molecular flexibility index (Phi) is 38.1. The lowest BCUT2D eigenvalue weighted by atomic mass is 10.2. The van der Waals surface area contributed by atoms with Crippen LogP contribution in [-0.2, 0) is 23.7 Å². The molecule has 0 heterocycles. The molecule has 0 fully saturated rings. The Balaban J connectivity index is -0.000000482. The molecule has 7 nitrogen and oxygen atoms in total. The molecule has 0 bridgehead atoms. The molecule has 0 aliphatic carbocycles. The predicted molar refractivity (Wildman–Crippen MR) is 110 cm³/mol. The van der Waals surface area contributed by atoms with Gasteiger partial charge in [-0.1, -0.05) is 27.7 Å². The van der Waals surface area contributed by atoms with Crippen molar-refractivity contribution in [1.82, 2.24) is 5.32 Å². The SMILES string of the molecule is CC.CCCNC(C)CC.O=CCCOCCOCCOCCOCCO. The molecule has 7 heteroatoms. The molecule has 0 saturated carbocycles. The lowest BCUT2D eigenvalue weighted by molar-refractivity contribution is -0.108. The second-order valence-corrected chi connectivity index (χ2v) is 5.39. The second-order valence-electron chi connectivity index (χ2n) is 5.39. The summed E-state index contributed by atoms with van der Waals surface area (Å²) in [4.78, 5) is 9.95. The van der Waals surface area contributed by atoms with Gasteiger partial charge in [-0.25, -0.2) is 0 Å². The zero-order valence-electron chi connectivity index (χ0n) is 18.3. The van der Waals surface area contributed by atoms with Crippen LogP contribution >= 0.6 is 0 Å². The van der Waals surface area contributed by atoms with Crippen LogP contribution in [0.4, 0.5) is 0 Å². The van der Waals surface area contributed by atoms with Crippen molar-refractivity contribution in [3.8, 4) is 0 Å². The Hall–Kier alpha value is -0.570. The summed E-state index contributed by atoms with van der Waals surface area (Å²) in [6.07, 6.45) is 3.73. The highest BCUT2D eigenvalue weighted by Crippen LogP contribution is 1.86. The van der Waals surface area contributed by atoms with Crippen molar-refractivity contribution in [2.24, 2.45) is 0 Å².